The van der Waals surface area contributed by atoms with E-state index in [4.69, 9.17) is 5.73 Å². The van der Waals surface area contributed by atoms with E-state index in [1.165, 1.54) is 18.2 Å². The van der Waals surface area contributed by atoms with Crippen molar-refractivity contribution in [2.75, 3.05) is 13.6 Å². The minimum absolute atomic E-state index is 0.0335. The molecule has 8 atom stereocenters. The number of Topliss-reactive ketones (excluding diaryl/α,β-unsaturated/α-hetero) is 1. The van der Waals surface area contributed by atoms with E-state index in [1.807, 2.05) is 13.8 Å². The van der Waals surface area contributed by atoms with Gasteiger partial charge in [-0.05, 0) is 56.8 Å². The lowest BCUT2D eigenvalue weighted by Gasteiger charge is -2.37. The Bertz CT molecular complexity index is 1270. The molecule has 55 heavy (non-hydrogen) atoms. The second-order valence-electron chi connectivity index (χ2n) is 17.0. The van der Waals surface area contributed by atoms with Crippen LogP contribution in [-0.4, -0.2) is 106 Å². The minimum atomic E-state index is -1.39. The van der Waals surface area contributed by atoms with Crippen LogP contribution in [0.2, 0.25) is 0 Å². The molecular formula is C41H72N6O8. The van der Waals surface area contributed by atoms with E-state index in [1.54, 1.807) is 7.05 Å². The highest BCUT2D eigenvalue weighted by Crippen LogP contribution is 2.33. The first kappa shape index (κ1) is 46.3. The van der Waals surface area contributed by atoms with Crippen LogP contribution in [0.3, 0.4) is 0 Å². The molecule has 3 saturated carbocycles. The summed E-state index contributed by atoms with van der Waals surface area (Å²) in [6.45, 7) is 7.08. The summed E-state index contributed by atoms with van der Waals surface area (Å²) in [6.07, 6.45) is 13.0. The molecule has 3 aliphatic carbocycles. The Kier molecular flexibility index (Phi) is 19.5. The number of ketones is 1. The highest BCUT2D eigenvalue weighted by atomic mass is 16.3. The van der Waals surface area contributed by atoms with Crippen molar-refractivity contribution in [3.8, 4) is 0 Å². The van der Waals surface area contributed by atoms with Crippen molar-refractivity contribution in [3.05, 3.63) is 0 Å². The Hall–Kier alpha value is -3.10. The highest BCUT2D eigenvalue weighted by Gasteiger charge is 2.41. The summed E-state index contributed by atoms with van der Waals surface area (Å²) in [5.74, 6) is -3.48. The number of unbranched alkanes of at least 4 members (excludes halogenated alkanes) is 3. The molecule has 3 fully saturated rings. The minimum Gasteiger partial charge on any atom is -0.392 e. The number of nitrogens with two attached hydrogens (primary N) is 1. The number of aliphatic hydroxyl groups excluding tert-OH is 2. The molecule has 0 aliphatic heterocycles. The molecule has 1 unspecified atom stereocenters. The molecule has 0 aromatic carbocycles. The lowest BCUT2D eigenvalue weighted by atomic mass is 9.79. The van der Waals surface area contributed by atoms with Gasteiger partial charge in [-0.25, -0.2) is 0 Å². The zero-order chi connectivity index (χ0) is 40.7. The summed E-state index contributed by atoms with van der Waals surface area (Å²) in [7, 11) is 1.63. The summed E-state index contributed by atoms with van der Waals surface area (Å²) in [4.78, 5) is 81.8. The molecule has 314 valence electrons. The van der Waals surface area contributed by atoms with Gasteiger partial charge in [-0.15, -0.1) is 0 Å². The number of nitrogens with zero attached hydrogens (tertiary/aromatic N) is 1. The molecule has 0 saturated heterocycles. The van der Waals surface area contributed by atoms with Crippen LogP contribution in [0.1, 0.15) is 143 Å². The molecule has 0 radical (unpaired) electrons. The van der Waals surface area contributed by atoms with Crippen LogP contribution in [0.15, 0.2) is 0 Å². The number of likely N-dealkylation sites (N-methyl/N-ethyl adjacent to an activating group) is 1. The van der Waals surface area contributed by atoms with Gasteiger partial charge in [0.25, 0.3) is 0 Å². The first-order valence-corrected chi connectivity index (χ1v) is 21.2. The molecule has 14 heteroatoms. The van der Waals surface area contributed by atoms with Crippen LogP contribution in [-0.2, 0) is 28.8 Å². The van der Waals surface area contributed by atoms with Crippen LogP contribution in [0.5, 0.6) is 0 Å². The first-order valence-electron chi connectivity index (χ1n) is 21.2. The number of carbonyl (C=O) groups is 6. The fraction of sp³-hybridized carbons (Fsp3) is 0.854. The maximum Gasteiger partial charge on any atom is 0.245 e. The largest absolute Gasteiger partial charge is 0.392 e. The normalized spacial score (nSPS) is 21.7. The molecule has 0 spiro atoms. The number of carbonyl (C=O) groups excluding carboxylic acids is 6. The quantitative estimate of drug-likeness (QED) is 0.0758. The Labute approximate surface area is 328 Å². The number of aliphatic hydroxyl groups is 2. The Balaban J connectivity index is 1.80. The molecule has 0 heterocycles. The monoisotopic (exact) mass is 777 g/mol. The van der Waals surface area contributed by atoms with E-state index in [-0.39, 0.29) is 36.5 Å². The molecular weight excluding hydrogens is 704 g/mol. The van der Waals surface area contributed by atoms with Crippen molar-refractivity contribution in [1.82, 2.24) is 26.2 Å². The lowest BCUT2D eigenvalue weighted by Crippen LogP contribution is -2.62. The van der Waals surface area contributed by atoms with E-state index in [0.717, 1.165) is 70.6 Å². The van der Waals surface area contributed by atoms with Crippen LogP contribution in [0.4, 0.5) is 0 Å². The van der Waals surface area contributed by atoms with E-state index in [2.05, 4.69) is 28.2 Å². The summed E-state index contributed by atoms with van der Waals surface area (Å²) < 4.78 is 0. The molecule has 0 aromatic heterocycles. The van der Waals surface area contributed by atoms with Crippen LogP contribution in [0, 0.1) is 23.7 Å². The topological polar surface area (TPSA) is 220 Å². The number of nitrogens with one attached hydrogen (secondary N) is 4. The third kappa shape index (κ3) is 14.7. The van der Waals surface area contributed by atoms with Gasteiger partial charge in [0.15, 0.2) is 5.78 Å². The van der Waals surface area contributed by atoms with Crippen LogP contribution >= 0.6 is 0 Å². The predicted molar refractivity (Wildman–Crippen MR) is 210 cm³/mol. The zero-order valence-corrected chi connectivity index (χ0v) is 34.2. The molecule has 8 N–H and O–H groups in total. The maximum atomic E-state index is 14.4. The number of amides is 5. The molecule has 0 bridgehead atoms. The van der Waals surface area contributed by atoms with E-state index >= 15 is 0 Å². The van der Waals surface area contributed by atoms with E-state index in [0.29, 0.717) is 38.0 Å². The van der Waals surface area contributed by atoms with E-state index < -0.39 is 72.0 Å². The molecule has 0 aromatic rings. The van der Waals surface area contributed by atoms with Crippen molar-refractivity contribution >= 4 is 35.3 Å². The second-order valence-corrected chi connectivity index (χ2v) is 17.0. The van der Waals surface area contributed by atoms with Gasteiger partial charge in [-0.1, -0.05) is 97.8 Å². The van der Waals surface area contributed by atoms with Gasteiger partial charge in [0, 0.05) is 20.0 Å². The van der Waals surface area contributed by atoms with Gasteiger partial charge in [0.1, 0.15) is 24.2 Å². The van der Waals surface area contributed by atoms with E-state index in [9.17, 15) is 39.0 Å². The fourth-order valence-corrected chi connectivity index (χ4v) is 8.29. The van der Waals surface area contributed by atoms with Crippen molar-refractivity contribution in [2.45, 2.75) is 186 Å². The van der Waals surface area contributed by atoms with Gasteiger partial charge in [0.2, 0.25) is 29.5 Å². The highest BCUT2D eigenvalue weighted by molar-refractivity contribution is 6.04. The summed E-state index contributed by atoms with van der Waals surface area (Å²) in [5.41, 5.74) is 5.94. The third-order valence-corrected chi connectivity index (χ3v) is 11.8. The summed E-state index contributed by atoms with van der Waals surface area (Å²) >= 11 is 0. The number of rotatable bonds is 23. The average molecular weight is 777 g/mol. The SMILES string of the molecule is CCCCCC[C@@H](O)[C@@H](CC1CCCCC1)C(=O)N(C)[C@@H](CC(C)C)C(=O)N[C@H](C(=O)N[C@@H](CN)C(=O)N[C@H](C(=O)NC1CC1=O)[C@H](C)O)C1CCCCC1. The first-order chi connectivity index (χ1) is 26.2. The fourth-order valence-electron chi connectivity index (χ4n) is 8.29. The van der Waals surface area contributed by atoms with Gasteiger partial charge >= 0.3 is 0 Å². The maximum absolute atomic E-state index is 14.4. The van der Waals surface area contributed by atoms with Crippen molar-refractivity contribution in [2.24, 2.45) is 29.4 Å². The van der Waals surface area contributed by atoms with Crippen molar-refractivity contribution in [1.29, 1.82) is 0 Å². The average Bonchev–Trinajstić information content (AvgIpc) is 3.87. The molecule has 14 nitrogen and oxygen atoms in total. The van der Waals surface area contributed by atoms with Gasteiger partial charge in [0.05, 0.1) is 24.2 Å². The van der Waals surface area contributed by atoms with Crippen molar-refractivity contribution in [3.63, 3.8) is 0 Å². The molecule has 5 amide bonds. The van der Waals surface area contributed by atoms with Crippen LogP contribution in [0.25, 0.3) is 0 Å². The molecule has 3 aliphatic rings. The van der Waals surface area contributed by atoms with Gasteiger partial charge < -0.3 is 42.1 Å². The van der Waals surface area contributed by atoms with Gasteiger partial charge in [-0.3, -0.25) is 28.8 Å². The van der Waals surface area contributed by atoms with Crippen molar-refractivity contribution < 1.29 is 39.0 Å². The third-order valence-electron chi connectivity index (χ3n) is 11.8. The lowest BCUT2D eigenvalue weighted by molar-refractivity contribution is -0.147. The Morgan fingerprint density at radius 1 is 0.818 bits per heavy atom. The number of hydrogen-bond donors (Lipinski definition) is 7. The standard InChI is InChI=1S/C41H72N6O8/c1-6-7-8-15-20-33(49)29(22-27-16-11-9-12-17-27)41(55)47(5)32(21-25(2)3)38(52)46-36(28-18-13-10-14-19-28)40(54)44-31(24-42)37(51)45-35(26(4)48)39(53)43-30-23-34(30)50/h25-33,35-36,48-49H,6-24,42H2,1-5H3,(H,43,53)(H,44,54)(H,45,51)(H,46,52)/t26-,29+,30?,31-,32-,33+,35-,36-/m0/s1. The summed E-state index contributed by atoms with van der Waals surface area (Å²) in [5, 5.41) is 32.3. The predicted octanol–water partition coefficient (Wildman–Crippen LogP) is 2.61. The van der Waals surface area contributed by atoms with Crippen LogP contribution < -0.4 is 27.0 Å². The zero-order valence-electron chi connectivity index (χ0n) is 34.2. The second kappa shape index (κ2) is 23.2. The Morgan fingerprint density at radius 3 is 1.98 bits per heavy atom. The number of hydrogen-bond acceptors (Lipinski definition) is 9. The Morgan fingerprint density at radius 2 is 1.44 bits per heavy atom. The van der Waals surface area contributed by atoms with Gasteiger partial charge in [-0.2, -0.15) is 0 Å². The summed E-state index contributed by atoms with van der Waals surface area (Å²) in [6, 6.07) is -5.24. The smallest absolute Gasteiger partial charge is 0.245 e. The molecule has 3 rings (SSSR count).